The number of hydrogen-bond donors (Lipinski definition) is 0. The van der Waals surface area contributed by atoms with Crippen LogP contribution < -0.4 is 0 Å². The number of benzene rings is 1. The van der Waals surface area contributed by atoms with Crippen molar-refractivity contribution in [3.05, 3.63) is 42.1 Å². The van der Waals surface area contributed by atoms with Gasteiger partial charge in [-0.25, -0.2) is 0 Å². The molecule has 1 aromatic rings. The fourth-order valence-electron chi connectivity index (χ4n) is 5.07. The van der Waals surface area contributed by atoms with Gasteiger partial charge in [0.25, 0.3) is 0 Å². The van der Waals surface area contributed by atoms with Crippen LogP contribution in [0.3, 0.4) is 0 Å². The quantitative estimate of drug-likeness (QED) is 0.143. The van der Waals surface area contributed by atoms with Crippen LogP contribution in [0.1, 0.15) is 122 Å². The van der Waals surface area contributed by atoms with E-state index < -0.39 is 0 Å². The minimum Gasteiger partial charge on any atom is -0.0965 e. The van der Waals surface area contributed by atoms with E-state index in [1.54, 1.807) is 0 Å². The Morgan fingerprint density at radius 2 is 1.12 bits per heavy atom. The highest BCUT2D eigenvalue weighted by Gasteiger charge is 2.35. The Bertz CT molecular complexity index is 595. The highest BCUT2D eigenvalue weighted by Crippen LogP contribution is 2.37. The minimum absolute atomic E-state index is 0.501. The van der Waals surface area contributed by atoms with Gasteiger partial charge in [-0.1, -0.05) is 144 Å². The molecule has 1 aromatic carbocycles. The molecule has 0 aliphatic carbocycles. The summed E-state index contributed by atoms with van der Waals surface area (Å²) in [6.45, 7) is 4.59. The molecule has 2 unspecified atom stereocenters. The molecule has 0 bridgehead atoms. The largest absolute Gasteiger partial charge is 0.244 e. The van der Waals surface area contributed by atoms with E-state index in [0.717, 1.165) is 12.6 Å². The molecule has 0 saturated carbocycles. The first-order valence-electron chi connectivity index (χ1n) is 13.8. The zero-order chi connectivity index (χ0) is 22.7. The summed E-state index contributed by atoms with van der Waals surface area (Å²) < 4.78 is 0. The average Bonchev–Trinajstić information content (AvgIpc) is 3.35. The molecule has 0 amide bonds. The van der Waals surface area contributed by atoms with Crippen LogP contribution in [0.5, 0.6) is 0 Å². The summed E-state index contributed by atoms with van der Waals surface area (Å²) in [5.74, 6) is 1.15. The Hall–Kier alpha value is -1.57. The second kappa shape index (κ2) is 17.9. The SMILES string of the molecule is CCCCCCCCCCC(Cc1ccccc1)C(CCCCCCCC)[C+]1N=CC=N1. The molecule has 1 aliphatic rings. The van der Waals surface area contributed by atoms with Gasteiger partial charge in [-0.3, -0.25) is 0 Å². The van der Waals surface area contributed by atoms with Gasteiger partial charge in [0.1, 0.15) is 0 Å². The summed E-state index contributed by atoms with van der Waals surface area (Å²) in [5.41, 5.74) is 1.47. The topological polar surface area (TPSA) is 24.7 Å². The van der Waals surface area contributed by atoms with E-state index in [4.69, 9.17) is 0 Å². The first kappa shape index (κ1) is 26.7. The summed E-state index contributed by atoms with van der Waals surface area (Å²) in [6, 6.07) is 11.1. The molecule has 0 N–H and O–H groups in total. The van der Waals surface area contributed by atoms with Crippen molar-refractivity contribution in [2.75, 3.05) is 0 Å². The lowest BCUT2D eigenvalue weighted by Gasteiger charge is -2.26. The molecule has 0 spiro atoms. The van der Waals surface area contributed by atoms with Crippen LogP contribution >= 0.6 is 0 Å². The van der Waals surface area contributed by atoms with Crippen LogP contribution in [0.15, 0.2) is 40.3 Å². The number of nitrogens with zero attached hydrogens (tertiary/aromatic N) is 2. The summed E-state index contributed by atoms with van der Waals surface area (Å²) in [5, 5.41) is 0. The molecular weight excluding hydrogens is 388 g/mol. The third kappa shape index (κ3) is 11.3. The lowest BCUT2D eigenvalue weighted by molar-refractivity contribution is 0.284. The van der Waals surface area contributed by atoms with Gasteiger partial charge in [0, 0.05) is 0 Å². The number of aliphatic imine (C=N–C) groups is 2. The van der Waals surface area contributed by atoms with Crippen molar-refractivity contribution in [2.24, 2.45) is 21.8 Å². The van der Waals surface area contributed by atoms with Gasteiger partial charge in [-0.15, -0.1) is 0 Å². The van der Waals surface area contributed by atoms with Gasteiger partial charge in [-0.05, 0) is 30.7 Å². The molecule has 32 heavy (non-hydrogen) atoms. The minimum atomic E-state index is 0.501. The summed E-state index contributed by atoms with van der Waals surface area (Å²) in [6.07, 6.45) is 27.8. The standard InChI is InChI=1S/C30H49N2/c1-3-5-7-9-11-12-13-18-22-28(26-27-20-16-15-17-21-27)29(30-31-24-25-32-30)23-19-14-10-8-6-4-2/h15-17,20-21,24-25,28-29H,3-14,18-19,22-23,26H2,1-2H3/q+1. The normalized spacial score (nSPS) is 14.9. The lowest BCUT2D eigenvalue weighted by Crippen LogP contribution is -2.22. The van der Waals surface area contributed by atoms with Crippen LogP contribution in [-0.2, 0) is 6.42 Å². The first-order valence-corrected chi connectivity index (χ1v) is 13.8. The van der Waals surface area contributed by atoms with Crippen LogP contribution in [0, 0.1) is 18.0 Å². The van der Waals surface area contributed by atoms with E-state index in [2.05, 4.69) is 54.2 Å². The van der Waals surface area contributed by atoms with E-state index in [1.807, 2.05) is 12.4 Å². The van der Waals surface area contributed by atoms with E-state index in [0.29, 0.717) is 11.8 Å². The van der Waals surface area contributed by atoms with E-state index in [1.165, 1.54) is 108 Å². The molecule has 0 saturated heterocycles. The molecule has 0 aromatic heterocycles. The zero-order valence-electron chi connectivity index (χ0n) is 21.1. The third-order valence-corrected chi connectivity index (χ3v) is 7.02. The average molecular weight is 438 g/mol. The summed E-state index contributed by atoms with van der Waals surface area (Å²) in [7, 11) is 0. The maximum Gasteiger partial charge on any atom is 0.244 e. The van der Waals surface area contributed by atoms with E-state index in [-0.39, 0.29) is 0 Å². The van der Waals surface area contributed by atoms with Crippen molar-refractivity contribution in [1.82, 2.24) is 0 Å². The first-order chi connectivity index (χ1) is 15.8. The summed E-state index contributed by atoms with van der Waals surface area (Å²) >= 11 is 0. The predicted molar refractivity (Wildman–Crippen MR) is 143 cm³/mol. The van der Waals surface area contributed by atoms with Gasteiger partial charge in [0.05, 0.1) is 5.92 Å². The van der Waals surface area contributed by atoms with Gasteiger partial charge in [0.15, 0.2) is 12.4 Å². The van der Waals surface area contributed by atoms with Crippen molar-refractivity contribution in [3.63, 3.8) is 0 Å². The van der Waals surface area contributed by atoms with Crippen molar-refractivity contribution in [1.29, 1.82) is 0 Å². The maximum atomic E-state index is 4.68. The molecular formula is C30H49N2+. The Morgan fingerprint density at radius 1 is 0.625 bits per heavy atom. The Labute approximate surface area is 199 Å². The van der Waals surface area contributed by atoms with Crippen LogP contribution in [0.2, 0.25) is 0 Å². The maximum absolute atomic E-state index is 4.68. The molecule has 2 atom stereocenters. The second-order valence-electron chi connectivity index (χ2n) is 9.79. The fraction of sp³-hybridized carbons (Fsp3) is 0.700. The molecule has 1 aliphatic heterocycles. The van der Waals surface area contributed by atoms with Crippen LogP contribution in [0.25, 0.3) is 0 Å². The van der Waals surface area contributed by atoms with Crippen LogP contribution in [0.4, 0.5) is 0 Å². The fourth-order valence-corrected chi connectivity index (χ4v) is 5.07. The molecule has 2 nitrogen and oxygen atoms in total. The van der Waals surface area contributed by atoms with E-state index >= 15 is 0 Å². The van der Waals surface area contributed by atoms with Crippen molar-refractivity contribution < 1.29 is 0 Å². The molecule has 0 radical (unpaired) electrons. The second-order valence-corrected chi connectivity index (χ2v) is 9.79. The number of unbranched alkanes of at least 4 members (excludes halogenated alkanes) is 12. The van der Waals surface area contributed by atoms with Crippen molar-refractivity contribution in [2.45, 2.75) is 123 Å². The van der Waals surface area contributed by atoms with E-state index in [9.17, 15) is 0 Å². The highest BCUT2D eigenvalue weighted by molar-refractivity contribution is 6.18. The van der Waals surface area contributed by atoms with Crippen molar-refractivity contribution >= 4 is 12.4 Å². The Balaban J connectivity index is 1.89. The smallest absolute Gasteiger partial charge is 0.0965 e. The van der Waals surface area contributed by atoms with Gasteiger partial charge in [0.2, 0.25) is 6.17 Å². The number of hydrogen-bond acceptors (Lipinski definition) is 2. The summed E-state index contributed by atoms with van der Waals surface area (Å²) in [4.78, 5) is 9.37. The lowest BCUT2D eigenvalue weighted by atomic mass is 9.78. The molecule has 178 valence electrons. The monoisotopic (exact) mass is 437 g/mol. The van der Waals surface area contributed by atoms with Gasteiger partial charge < -0.3 is 0 Å². The number of rotatable bonds is 20. The molecule has 2 heteroatoms. The molecule has 2 rings (SSSR count). The molecule has 1 heterocycles. The van der Waals surface area contributed by atoms with Crippen LogP contribution in [-0.4, -0.2) is 12.4 Å². The van der Waals surface area contributed by atoms with Gasteiger partial charge in [-0.2, -0.15) is 0 Å². The predicted octanol–water partition coefficient (Wildman–Crippen LogP) is 9.39. The van der Waals surface area contributed by atoms with Crippen molar-refractivity contribution in [3.8, 4) is 0 Å². The Morgan fingerprint density at radius 3 is 1.69 bits per heavy atom. The Kier molecular flexibility index (Phi) is 14.9. The molecule has 0 fully saturated rings. The zero-order valence-corrected chi connectivity index (χ0v) is 21.1. The van der Waals surface area contributed by atoms with Gasteiger partial charge >= 0.3 is 0 Å². The third-order valence-electron chi connectivity index (χ3n) is 7.02. The highest BCUT2D eigenvalue weighted by atomic mass is 15.0.